The molecule has 0 bridgehead atoms. The van der Waals surface area contributed by atoms with Crippen molar-refractivity contribution in [3.63, 3.8) is 0 Å². The molecule has 1 saturated carbocycles. The van der Waals surface area contributed by atoms with Gasteiger partial charge in [-0.1, -0.05) is 58.4 Å². The van der Waals surface area contributed by atoms with Crippen LogP contribution in [0.15, 0.2) is 71.2 Å². The van der Waals surface area contributed by atoms with Crippen molar-refractivity contribution >= 4 is 28.2 Å². The molecule has 1 aliphatic carbocycles. The molecule has 0 aromatic heterocycles. The summed E-state index contributed by atoms with van der Waals surface area (Å²) >= 11 is 4.10. The summed E-state index contributed by atoms with van der Waals surface area (Å²) in [7, 11) is 3.16. The number of hydrogen-bond donors (Lipinski definition) is 4. The van der Waals surface area contributed by atoms with E-state index in [1.165, 1.54) is 19.2 Å². The fourth-order valence-electron chi connectivity index (χ4n) is 5.60. The normalized spacial score (nSPS) is 25.5. The maximum Gasteiger partial charge on any atom is 0.174 e. The number of ether oxygens (including phenoxy) is 2. The second-order valence-corrected chi connectivity index (χ2v) is 10.1. The van der Waals surface area contributed by atoms with E-state index >= 15 is 0 Å². The standard InChI is InChI=1S/C25H23BrNO4.CH5NOS.U/c1-30-20-11-19(28)12-21-23(20)24(29)13-16(14-27)22(15-5-3-2-4-6-15)25(24,31-21)17-7-9-18(26)10-8-17;1-2-4-3;/h2-12,16,22,27-29H,13-14H2,1H3;2-3H,1H3;/q-1;;/t16-,22?,24?,25?;;/m1../s1. The van der Waals surface area contributed by atoms with Crippen LogP contribution in [0.1, 0.15) is 29.0 Å². The summed E-state index contributed by atoms with van der Waals surface area (Å²) in [6.45, 7) is 0.152. The molecule has 3 aromatic rings. The molecule has 36 heavy (non-hydrogen) atoms. The van der Waals surface area contributed by atoms with Gasteiger partial charge in [-0.3, -0.25) is 0 Å². The first-order valence-corrected chi connectivity index (χ1v) is 12.7. The minimum Gasteiger partial charge on any atom is -0.677 e. The zero-order chi connectivity index (χ0) is 25.2. The Balaban J connectivity index is 0.000000674. The van der Waals surface area contributed by atoms with E-state index in [4.69, 9.17) is 19.8 Å². The van der Waals surface area contributed by atoms with Gasteiger partial charge in [-0.2, -0.15) is 0 Å². The third-order valence-corrected chi connectivity index (χ3v) is 7.53. The number of nitrogens with one attached hydrogen (secondary N) is 2. The molecule has 7 nitrogen and oxygen atoms in total. The number of aromatic hydroxyl groups is 1. The maximum absolute atomic E-state index is 12.4. The van der Waals surface area contributed by atoms with Crippen LogP contribution in [0.2, 0.25) is 0 Å². The first-order chi connectivity index (χ1) is 16.9. The molecule has 0 radical (unpaired) electrons. The second kappa shape index (κ2) is 12.1. The Hall–Kier alpha value is -1.22. The number of fused-ring (bicyclic) bond motifs is 3. The number of methoxy groups -OCH3 is 1. The molecule has 1 heterocycles. The molecule has 0 saturated heterocycles. The van der Waals surface area contributed by atoms with Crippen LogP contribution in [0.5, 0.6) is 17.2 Å². The molecule has 1 aliphatic heterocycles. The molecule has 3 unspecified atom stereocenters. The van der Waals surface area contributed by atoms with Crippen molar-refractivity contribution in [1.82, 2.24) is 4.72 Å². The van der Waals surface area contributed by atoms with Gasteiger partial charge in [0.15, 0.2) is 5.60 Å². The molecule has 190 valence electrons. The van der Waals surface area contributed by atoms with Gasteiger partial charge in [-0.05, 0) is 42.6 Å². The van der Waals surface area contributed by atoms with E-state index in [0.717, 1.165) is 15.6 Å². The monoisotopic (exact) mass is 797 g/mol. The van der Waals surface area contributed by atoms with Gasteiger partial charge in [0.2, 0.25) is 0 Å². The molecule has 0 amide bonds. The van der Waals surface area contributed by atoms with Crippen LogP contribution >= 0.6 is 28.2 Å². The van der Waals surface area contributed by atoms with E-state index in [-0.39, 0.29) is 55.2 Å². The Morgan fingerprint density at radius 2 is 1.81 bits per heavy atom. The van der Waals surface area contributed by atoms with Crippen molar-refractivity contribution in [2.24, 2.45) is 5.92 Å². The SMILES string of the molecule is CNSO.COc1cc(O)cc2c1C1(O)C[C@H](C[NH-])C(c3ccccc3)C1(c1ccc(Br)cc1)O2.[U]. The predicted octanol–water partition coefficient (Wildman–Crippen LogP) is 5.82. The molecule has 1 fully saturated rings. The Kier molecular flexibility index (Phi) is 9.86. The zero-order valence-corrected chi connectivity index (χ0v) is 26.4. The molecule has 5 rings (SSSR count). The van der Waals surface area contributed by atoms with Crippen LogP contribution in [0.25, 0.3) is 5.73 Å². The Labute approximate surface area is 247 Å². The van der Waals surface area contributed by atoms with Crippen molar-refractivity contribution in [2.45, 2.75) is 23.5 Å². The second-order valence-electron chi connectivity index (χ2n) is 8.58. The maximum atomic E-state index is 12.4. The van der Waals surface area contributed by atoms with Gasteiger partial charge < -0.3 is 30.0 Å². The summed E-state index contributed by atoms with van der Waals surface area (Å²) in [5.74, 6) is 0.401. The van der Waals surface area contributed by atoms with Crippen molar-refractivity contribution in [3.8, 4) is 17.2 Å². The number of aliphatic hydroxyl groups is 1. The van der Waals surface area contributed by atoms with Gasteiger partial charge in [-0.25, -0.2) is 4.72 Å². The van der Waals surface area contributed by atoms with Crippen LogP contribution in [0.4, 0.5) is 0 Å². The van der Waals surface area contributed by atoms with E-state index in [2.05, 4.69) is 20.7 Å². The fraction of sp³-hybridized carbons (Fsp3) is 0.308. The number of hydrogen-bond acceptors (Lipinski definition) is 7. The van der Waals surface area contributed by atoms with Gasteiger partial charge in [0, 0.05) is 53.6 Å². The molecule has 3 aromatic carbocycles. The summed E-state index contributed by atoms with van der Waals surface area (Å²) in [6.07, 6.45) is 0.347. The van der Waals surface area contributed by atoms with E-state index in [9.17, 15) is 10.2 Å². The van der Waals surface area contributed by atoms with E-state index < -0.39 is 11.2 Å². The zero-order valence-electron chi connectivity index (χ0n) is 19.9. The molecule has 4 atom stereocenters. The smallest absolute Gasteiger partial charge is 0.174 e. The van der Waals surface area contributed by atoms with Gasteiger partial charge in [-0.15, -0.1) is 6.54 Å². The first kappa shape index (κ1) is 29.3. The van der Waals surface area contributed by atoms with Crippen LogP contribution in [0, 0.1) is 37.0 Å². The van der Waals surface area contributed by atoms with Crippen LogP contribution in [-0.4, -0.2) is 35.5 Å². The quantitative estimate of drug-likeness (QED) is 0.190. The number of halogens is 1. The summed E-state index contributed by atoms with van der Waals surface area (Å²) in [5, 5.41) is 22.7. The third kappa shape index (κ3) is 4.83. The Bertz CT molecular complexity index is 1170. The van der Waals surface area contributed by atoms with Crippen molar-refractivity contribution < 1.29 is 55.4 Å². The van der Waals surface area contributed by atoms with E-state index in [0.29, 0.717) is 35.7 Å². The number of phenolic OH excluding ortho intramolecular Hbond substituents is 1. The van der Waals surface area contributed by atoms with Gasteiger partial charge in [0.05, 0.1) is 24.9 Å². The van der Waals surface area contributed by atoms with Crippen molar-refractivity contribution in [2.75, 3.05) is 20.7 Å². The molecule has 5 N–H and O–H groups in total. The summed E-state index contributed by atoms with van der Waals surface area (Å²) < 4.78 is 23.3. The third-order valence-electron chi connectivity index (χ3n) is 6.82. The minimum absolute atomic E-state index is 0. The van der Waals surface area contributed by atoms with E-state index in [1.54, 1.807) is 7.05 Å². The van der Waals surface area contributed by atoms with Crippen LogP contribution < -0.4 is 14.2 Å². The molecular formula is C26H28BrN2O5SU-. The molecular weight excluding hydrogens is 770 g/mol. The van der Waals surface area contributed by atoms with E-state index in [1.807, 2.05) is 54.6 Å². The largest absolute Gasteiger partial charge is 0.677 e. The van der Waals surface area contributed by atoms with Gasteiger partial charge in [0.1, 0.15) is 22.8 Å². The van der Waals surface area contributed by atoms with Gasteiger partial charge >= 0.3 is 0 Å². The average molecular weight is 799 g/mol. The van der Waals surface area contributed by atoms with Gasteiger partial charge in [0.25, 0.3) is 0 Å². The molecule has 10 heteroatoms. The molecule has 0 spiro atoms. The fourth-order valence-corrected chi connectivity index (χ4v) is 5.87. The van der Waals surface area contributed by atoms with Crippen molar-refractivity contribution in [3.05, 3.63) is 93.6 Å². The Morgan fingerprint density at radius 3 is 2.36 bits per heavy atom. The minimum atomic E-state index is -1.43. The predicted molar refractivity (Wildman–Crippen MR) is 141 cm³/mol. The summed E-state index contributed by atoms with van der Waals surface area (Å²) in [6, 6.07) is 20.8. The average Bonchev–Trinajstić information content (AvgIpc) is 3.27. The summed E-state index contributed by atoms with van der Waals surface area (Å²) in [4.78, 5) is 0. The molecule has 2 aliphatic rings. The van der Waals surface area contributed by atoms with Crippen LogP contribution in [0.3, 0.4) is 0 Å². The number of benzene rings is 3. The van der Waals surface area contributed by atoms with Crippen LogP contribution in [-0.2, 0) is 11.2 Å². The summed E-state index contributed by atoms with van der Waals surface area (Å²) in [5.41, 5.74) is 8.07. The van der Waals surface area contributed by atoms with Crippen molar-refractivity contribution in [1.29, 1.82) is 0 Å². The Morgan fingerprint density at radius 1 is 1.17 bits per heavy atom. The first-order valence-electron chi connectivity index (χ1n) is 11.1. The number of phenols is 1. The number of rotatable bonds is 5. The topological polar surface area (TPSA) is 115 Å².